The Kier molecular flexibility index (Phi) is 4.20. The second-order valence-electron chi connectivity index (χ2n) is 5.56. The van der Waals surface area contributed by atoms with E-state index < -0.39 is 0 Å². The van der Waals surface area contributed by atoms with Crippen LogP contribution in [0.2, 0.25) is 0 Å². The first-order valence-electron chi connectivity index (χ1n) is 6.69. The van der Waals surface area contributed by atoms with E-state index in [-0.39, 0.29) is 0 Å². The van der Waals surface area contributed by atoms with E-state index in [1.807, 2.05) is 0 Å². The van der Waals surface area contributed by atoms with E-state index in [4.69, 9.17) is 5.73 Å². The Balaban J connectivity index is 2.03. The van der Waals surface area contributed by atoms with Crippen LogP contribution in [-0.2, 0) is 0 Å². The van der Waals surface area contributed by atoms with Gasteiger partial charge in [-0.3, -0.25) is 4.90 Å². The molecule has 2 nitrogen and oxygen atoms in total. The third-order valence-electron chi connectivity index (χ3n) is 4.83. The van der Waals surface area contributed by atoms with Crippen LogP contribution in [-0.4, -0.2) is 41.1 Å². The maximum atomic E-state index is 6.16. The highest BCUT2D eigenvalue weighted by molar-refractivity contribution is 7.99. The lowest BCUT2D eigenvalue weighted by Crippen LogP contribution is -2.56. The fourth-order valence-electron chi connectivity index (χ4n) is 3.45. The number of nitrogens with zero attached hydrogens (tertiary/aromatic N) is 1. The number of piperidine rings is 1. The van der Waals surface area contributed by atoms with Gasteiger partial charge in [-0.25, -0.2) is 0 Å². The van der Waals surface area contributed by atoms with E-state index in [0.717, 1.165) is 11.3 Å². The molecule has 1 aliphatic carbocycles. The van der Waals surface area contributed by atoms with Crippen molar-refractivity contribution in [2.24, 2.45) is 11.7 Å². The molecule has 2 aliphatic rings. The van der Waals surface area contributed by atoms with Crippen molar-refractivity contribution >= 4 is 11.8 Å². The van der Waals surface area contributed by atoms with E-state index in [1.165, 1.54) is 32.2 Å². The first-order chi connectivity index (χ1) is 7.65. The molecule has 0 bridgehead atoms. The predicted molar refractivity (Wildman–Crippen MR) is 72.9 cm³/mol. The van der Waals surface area contributed by atoms with Crippen molar-refractivity contribution < 1.29 is 0 Å². The number of nitrogens with two attached hydrogens (primary N) is 1. The smallest absolute Gasteiger partial charge is 0.0217 e. The molecular formula is C13H26N2S. The summed E-state index contributed by atoms with van der Waals surface area (Å²) in [6, 6.07) is 1.90. The van der Waals surface area contributed by atoms with Gasteiger partial charge in [0.1, 0.15) is 0 Å². The van der Waals surface area contributed by atoms with Gasteiger partial charge in [0.25, 0.3) is 0 Å². The van der Waals surface area contributed by atoms with Gasteiger partial charge in [-0.05, 0) is 38.4 Å². The van der Waals surface area contributed by atoms with Crippen molar-refractivity contribution in [3.63, 3.8) is 0 Å². The molecule has 94 valence electrons. The van der Waals surface area contributed by atoms with E-state index in [0.29, 0.717) is 18.0 Å². The number of hydrogen-bond acceptors (Lipinski definition) is 3. The van der Waals surface area contributed by atoms with Gasteiger partial charge in [-0.1, -0.05) is 13.3 Å². The maximum Gasteiger partial charge on any atom is 0.0217 e. The summed E-state index contributed by atoms with van der Waals surface area (Å²) in [5.41, 5.74) is 6.16. The van der Waals surface area contributed by atoms with Crippen molar-refractivity contribution in [2.45, 2.75) is 62.9 Å². The van der Waals surface area contributed by atoms with E-state index >= 15 is 0 Å². The molecule has 0 aromatic carbocycles. The summed E-state index contributed by atoms with van der Waals surface area (Å²) in [7, 11) is 0. The van der Waals surface area contributed by atoms with Gasteiger partial charge < -0.3 is 5.73 Å². The number of thioether (sulfide) groups is 1. The third kappa shape index (κ3) is 2.27. The van der Waals surface area contributed by atoms with Crippen LogP contribution in [0.15, 0.2) is 0 Å². The number of rotatable bonds is 2. The summed E-state index contributed by atoms with van der Waals surface area (Å²) < 4.78 is 0. The van der Waals surface area contributed by atoms with Crippen LogP contribution in [0.3, 0.4) is 0 Å². The second kappa shape index (κ2) is 5.28. The van der Waals surface area contributed by atoms with Crippen molar-refractivity contribution in [3.8, 4) is 0 Å². The maximum absolute atomic E-state index is 6.16. The van der Waals surface area contributed by atoms with E-state index in [9.17, 15) is 0 Å². The van der Waals surface area contributed by atoms with Crippen LogP contribution in [0.1, 0.15) is 39.5 Å². The number of likely N-dealkylation sites (tertiary alicyclic amines) is 1. The van der Waals surface area contributed by atoms with Crippen molar-refractivity contribution in [2.75, 3.05) is 12.8 Å². The summed E-state index contributed by atoms with van der Waals surface area (Å²) in [6.07, 6.45) is 7.68. The summed E-state index contributed by atoms with van der Waals surface area (Å²) in [5.74, 6) is 0.650. The zero-order valence-electron chi connectivity index (χ0n) is 10.9. The van der Waals surface area contributed by atoms with E-state index in [1.54, 1.807) is 0 Å². The normalized spacial score (nSPS) is 46.1. The van der Waals surface area contributed by atoms with Crippen LogP contribution in [0.25, 0.3) is 0 Å². The molecule has 3 heteroatoms. The molecule has 1 heterocycles. The largest absolute Gasteiger partial charge is 0.327 e. The summed E-state index contributed by atoms with van der Waals surface area (Å²) in [6.45, 7) is 5.92. The summed E-state index contributed by atoms with van der Waals surface area (Å²) in [4.78, 5) is 2.75. The fraction of sp³-hybridized carbons (Fsp3) is 1.00. The number of hydrogen-bond donors (Lipinski definition) is 1. The minimum absolute atomic E-state index is 0.417. The minimum Gasteiger partial charge on any atom is -0.327 e. The molecule has 2 fully saturated rings. The van der Waals surface area contributed by atoms with Gasteiger partial charge >= 0.3 is 0 Å². The highest BCUT2D eigenvalue weighted by Gasteiger charge is 2.38. The Morgan fingerprint density at radius 2 is 1.94 bits per heavy atom. The standard InChI is InChI=1S/C13H26N2S/c1-9-10(2)15(8-7-11(9)14)12-5-4-6-13(12)16-3/h9-13H,4-8,14H2,1-3H3. The molecule has 0 aromatic heterocycles. The Morgan fingerprint density at radius 3 is 2.62 bits per heavy atom. The van der Waals surface area contributed by atoms with Crippen LogP contribution in [0.4, 0.5) is 0 Å². The predicted octanol–water partition coefficient (Wildman–Crippen LogP) is 2.33. The van der Waals surface area contributed by atoms with Crippen molar-refractivity contribution in [1.82, 2.24) is 4.90 Å². The quantitative estimate of drug-likeness (QED) is 0.806. The van der Waals surface area contributed by atoms with Crippen LogP contribution < -0.4 is 5.73 Å². The zero-order chi connectivity index (χ0) is 11.7. The Labute approximate surface area is 104 Å². The van der Waals surface area contributed by atoms with Crippen LogP contribution >= 0.6 is 11.8 Å². The molecule has 1 saturated heterocycles. The van der Waals surface area contributed by atoms with Gasteiger partial charge in [0.05, 0.1) is 0 Å². The first kappa shape index (κ1) is 12.7. The monoisotopic (exact) mass is 242 g/mol. The second-order valence-corrected chi connectivity index (χ2v) is 6.64. The molecule has 1 aliphatic heterocycles. The molecule has 2 N–H and O–H groups in total. The Bertz CT molecular complexity index is 234. The fourth-order valence-corrected chi connectivity index (χ4v) is 4.46. The third-order valence-corrected chi connectivity index (χ3v) is 5.98. The topological polar surface area (TPSA) is 29.3 Å². The molecule has 0 spiro atoms. The van der Waals surface area contributed by atoms with Gasteiger partial charge in [-0.15, -0.1) is 0 Å². The lowest BCUT2D eigenvalue weighted by atomic mass is 9.86. The van der Waals surface area contributed by atoms with Crippen LogP contribution in [0, 0.1) is 5.92 Å². The molecule has 1 saturated carbocycles. The van der Waals surface area contributed by atoms with Gasteiger partial charge in [0.15, 0.2) is 0 Å². The average molecular weight is 242 g/mol. The average Bonchev–Trinajstić information content (AvgIpc) is 2.74. The lowest BCUT2D eigenvalue weighted by molar-refractivity contribution is 0.0605. The summed E-state index contributed by atoms with van der Waals surface area (Å²) in [5, 5.41) is 0.865. The van der Waals surface area contributed by atoms with Crippen molar-refractivity contribution in [3.05, 3.63) is 0 Å². The Hall–Kier alpha value is 0.270. The lowest BCUT2D eigenvalue weighted by Gasteiger charge is -2.46. The molecule has 0 aromatic rings. The van der Waals surface area contributed by atoms with E-state index in [2.05, 4.69) is 36.8 Å². The SMILES string of the molecule is CSC1CCCC1N1CCC(N)C(C)C1C. The van der Waals surface area contributed by atoms with Gasteiger partial charge in [-0.2, -0.15) is 11.8 Å². The molecule has 0 amide bonds. The van der Waals surface area contributed by atoms with Crippen LogP contribution in [0.5, 0.6) is 0 Å². The highest BCUT2D eigenvalue weighted by Crippen LogP contribution is 2.36. The molecule has 2 rings (SSSR count). The molecule has 16 heavy (non-hydrogen) atoms. The highest BCUT2D eigenvalue weighted by atomic mass is 32.2. The molecule has 5 atom stereocenters. The molecule has 0 radical (unpaired) electrons. The van der Waals surface area contributed by atoms with Crippen molar-refractivity contribution in [1.29, 1.82) is 0 Å². The van der Waals surface area contributed by atoms with Gasteiger partial charge in [0, 0.05) is 29.9 Å². The Morgan fingerprint density at radius 1 is 1.19 bits per heavy atom. The first-order valence-corrected chi connectivity index (χ1v) is 7.98. The minimum atomic E-state index is 0.417. The van der Waals surface area contributed by atoms with Gasteiger partial charge in [0.2, 0.25) is 0 Å². The molecule has 5 unspecified atom stereocenters. The summed E-state index contributed by atoms with van der Waals surface area (Å²) >= 11 is 2.07. The zero-order valence-corrected chi connectivity index (χ0v) is 11.7. The molecular weight excluding hydrogens is 216 g/mol.